The van der Waals surface area contributed by atoms with Gasteiger partial charge in [-0.2, -0.15) is 5.26 Å². The summed E-state index contributed by atoms with van der Waals surface area (Å²) in [5, 5.41) is 23.9. The first-order valence-corrected chi connectivity index (χ1v) is 9.59. The van der Waals surface area contributed by atoms with E-state index in [1.165, 1.54) is 11.1 Å². The Labute approximate surface area is 173 Å². The first kappa shape index (κ1) is 21.1. The summed E-state index contributed by atoms with van der Waals surface area (Å²) in [6, 6.07) is 7.00. The highest BCUT2D eigenvalue weighted by Crippen LogP contribution is 2.34. The highest BCUT2D eigenvalue weighted by molar-refractivity contribution is 6.00. The fraction of sp³-hybridized carbons (Fsp3) is 0.400. The molecule has 2 atom stereocenters. The van der Waals surface area contributed by atoms with Crippen molar-refractivity contribution in [1.29, 1.82) is 5.26 Å². The third-order valence-corrected chi connectivity index (χ3v) is 5.21. The molecule has 1 heterocycles. The summed E-state index contributed by atoms with van der Waals surface area (Å²) in [5.41, 5.74) is 13.4. The van der Waals surface area contributed by atoms with Crippen molar-refractivity contribution in [1.82, 2.24) is 10.2 Å². The van der Waals surface area contributed by atoms with Gasteiger partial charge in [-0.15, -0.1) is 0 Å². The molecule has 1 fully saturated rings. The van der Waals surface area contributed by atoms with Crippen LogP contribution in [0.3, 0.4) is 0 Å². The second-order valence-electron chi connectivity index (χ2n) is 7.49. The van der Waals surface area contributed by atoms with Crippen molar-refractivity contribution >= 4 is 23.5 Å². The van der Waals surface area contributed by atoms with Gasteiger partial charge in [0.2, 0.25) is 5.91 Å². The molecule has 1 saturated carbocycles. The topological polar surface area (TPSA) is 175 Å². The number of nitrogens with two attached hydrogens (primary N) is 2. The van der Waals surface area contributed by atoms with Crippen molar-refractivity contribution in [3.05, 3.63) is 41.1 Å². The fourth-order valence-corrected chi connectivity index (χ4v) is 3.49. The van der Waals surface area contributed by atoms with Gasteiger partial charge in [-0.3, -0.25) is 14.4 Å². The van der Waals surface area contributed by atoms with E-state index in [2.05, 4.69) is 16.7 Å². The van der Waals surface area contributed by atoms with Crippen molar-refractivity contribution < 1.29 is 19.5 Å². The molecule has 0 spiro atoms. The van der Waals surface area contributed by atoms with Gasteiger partial charge >= 0.3 is 5.97 Å². The number of rotatable bonds is 10. The molecule has 0 bridgehead atoms. The number of carboxylic acid groups (broad SMARTS) is 1. The number of aliphatic carboxylic acids is 1. The van der Waals surface area contributed by atoms with Crippen LogP contribution in [0.1, 0.15) is 35.2 Å². The SMILES string of the molecule is N#CCC(N/C=C(/C(N)=O)C(N)Nc1ccc2c(c1)CN(CC(=O)O)C2=O)C1CC1. The molecule has 2 amide bonds. The highest BCUT2D eigenvalue weighted by atomic mass is 16.4. The molecule has 7 N–H and O–H groups in total. The van der Waals surface area contributed by atoms with E-state index in [1.807, 2.05) is 0 Å². The second kappa shape index (κ2) is 8.84. The van der Waals surface area contributed by atoms with Crippen LogP contribution in [-0.4, -0.2) is 46.5 Å². The van der Waals surface area contributed by atoms with Gasteiger partial charge in [0.25, 0.3) is 5.91 Å². The monoisotopic (exact) mass is 412 g/mol. The summed E-state index contributed by atoms with van der Waals surface area (Å²) in [6.45, 7) is -0.191. The van der Waals surface area contributed by atoms with E-state index in [-0.39, 0.29) is 30.6 Å². The predicted octanol–water partition coefficient (Wildman–Crippen LogP) is 0.0748. The minimum absolute atomic E-state index is 0.0530. The quantitative estimate of drug-likeness (QED) is 0.265. The number of fused-ring (bicyclic) bond motifs is 1. The number of benzene rings is 1. The molecule has 2 aliphatic rings. The van der Waals surface area contributed by atoms with Gasteiger partial charge in [0.15, 0.2) is 0 Å². The number of carbonyl (C=O) groups is 3. The molecule has 10 nitrogen and oxygen atoms in total. The number of primary amides is 1. The lowest BCUT2D eigenvalue weighted by Crippen LogP contribution is -2.39. The van der Waals surface area contributed by atoms with Gasteiger partial charge in [-0.05, 0) is 42.5 Å². The number of anilines is 1. The van der Waals surface area contributed by atoms with Gasteiger partial charge in [-0.25, -0.2) is 0 Å². The molecule has 158 valence electrons. The van der Waals surface area contributed by atoms with Crippen molar-refractivity contribution in [2.75, 3.05) is 11.9 Å². The minimum atomic E-state index is -1.08. The van der Waals surface area contributed by atoms with E-state index in [9.17, 15) is 14.4 Å². The molecule has 1 aliphatic heterocycles. The Morgan fingerprint density at radius 2 is 2.13 bits per heavy atom. The standard InChI is InChI=1S/C20H24N6O4/c21-6-5-16(11-1-2-11)24-8-15(19(23)29)18(22)25-13-3-4-14-12(7-13)9-26(20(14)30)10-17(27)28/h3-4,7-8,11,16,18,24-25H,1-2,5,9-10,22H2,(H2,23,29)(H,27,28)/b15-8+. The zero-order valence-electron chi connectivity index (χ0n) is 16.3. The normalized spacial score (nSPS) is 17.7. The number of hydrogen-bond acceptors (Lipinski definition) is 7. The van der Waals surface area contributed by atoms with Crippen LogP contribution in [0.15, 0.2) is 30.0 Å². The number of nitrogens with one attached hydrogen (secondary N) is 2. The van der Waals surface area contributed by atoms with E-state index in [0.717, 1.165) is 12.8 Å². The van der Waals surface area contributed by atoms with Crippen LogP contribution in [0.4, 0.5) is 5.69 Å². The molecule has 1 aromatic rings. The summed E-state index contributed by atoms with van der Waals surface area (Å²) in [7, 11) is 0. The molecule has 3 rings (SSSR count). The van der Waals surface area contributed by atoms with Crippen molar-refractivity contribution in [2.24, 2.45) is 17.4 Å². The highest BCUT2D eigenvalue weighted by Gasteiger charge is 2.31. The van der Waals surface area contributed by atoms with E-state index in [4.69, 9.17) is 21.8 Å². The summed E-state index contributed by atoms with van der Waals surface area (Å²) < 4.78 is 0. The number of hydrogen-bond donors (Lipinski definition) is 5. The Morgan fingerprint density at radius 3 is 2.73 bits per heavy atom. The average molecular weight is 412 g/mol. The van der Waals surface area contributed by atoms with Crippen LogP contribution in [0.25, 0.3) is 0 Å². The van der Waals surface area contributed by atoms with Gasteiger partial charge < -0.3 is 32.1 Å². The molecule has 30 heavy (non-hydrogen) atoms. The maximum Gasteiger partial charge on any atom is 0.323 e. The molecular formula is C20H24N6O4. The third-order valence-electron chi connectivity index (χ3n) is 5.21. The second-order valence-corrected chi connectivity index (χ2v) is 7.49. The number of amides is 2. The lowest BCUT2D eigenvalue weighted by atomic mass is 10.1. The summed E-state index contributed by atoms with van der Waals surface area (Å²) in [5.74, 6) is -1.71. The molecule has 0 saturated heterocycles. The van der Waals surface area contributed by atoms with Crippen LogP contribution in [-0.2, 0) is 16.1 Å². The largest absolute Gasteiger partial charge is 0.480 e. The Morgan fingerprint density at radius 1 is 1.40 bits per heavy atom. The van der Waals surface area contributed by atoms with Gasteiger partial charge in [0.1, 0.15) is 12.7 Å². The third kappa shape index (κ3) is 4.87. The summed E-state index contributed by atoms with van der Waals surface area (Å²) in [4.78, 5) is 36.3. The maximum atomic E-state index is 12.2. The van der Waals surface area contributed by atoms with Gasteiger partial charge in [0.05, 0.1) is 18.1 Å². The van der Waals surface area contributed by atoms with Crippen LogP contribution >= 0.6 is 0 Å². The van der Waals surface area contributed by atoms with Crippen LogP contribution in [0, 0.1) is 17.2 Å². The molecular weight excluding hydrogens is 388 g/mol. The summed E-state index contributed by atoms with van der Waals surface area (Å²) in [6.07, 6.45) is 2.95. The molecule has 2 unspecified atom stereocenters. The Hall–Kier alpha value is -3.58. The van der Waals surface area contributed by atoms with Crippen LogP contribution < -0.4 is 22.1 Å². The maximum absolute atomic E-state index is 12.2. The molecule has 0 aromatic heterocycles. The average Bonchev–Trinajstić information content (AvgIpc) is 3.46. The van der Waals surface area contributed by atoms with Crippen molar-refractivity contribution in [3.63, 3.8) is 0 Å². The zero-order valence-corrected chi connectivity index (χ0v) is 16.3. The number of carboxylic acids is 1. The van der Waals surface area contributed by atoms with E-state index in [0.29, 0.717) is 29.2 Å². The molecule has 0 radical (unpaired) electrons. The molecule has 1 aromatic carbocycles. The lowest BCUT2D eigenvalue weighted by molar-refractivity contribution is -0.137. The summed E-state index contributed by atoms with van der Waals surface area (Å²) >= 11 is 0. The first-order valence-electron chi connectivity index (χ1n) is 9.59. The smallest absolute Gasteiger partial charge is 0.323 e. The van der Waals surface area contributed by atoms with Crippen LogP contribution in [0.5, 0.6) is 0 Å². The molecule has 1 aliphatic carbocycles. The molecule has 10 heteroatoms. The fourth-order valence-electron chi connectivity index (χ4n) is 3.49. The number of nitrogens with zero attached hydrogens (tertiary/aromatic N) is 2. The predicted molar refractivity (Wildman–Crippen MR) is 108 cm³/mol. The first-order chi connectivity index (χ1) is 14.3. The Bertz CT molecular complexity index is 934. The Kier molecular flexibility index (Phi) is 6.23. The zero-order chi connectivity index (χ0) is 21.8. The number of carbonyl (C=O) groups excluding carboxylic acids is 2. The van der Waals surface area contributed by atoms with E-state index in [1.54, 1.807) is 18.2 Å². The van der Waals surface area contributed by atoms with Crippen LogP contribution in [0.2, 0.25) is 0 Å². The minimum Gasteiger partial charge on any atom is -0.480 e. The van der Waals surface area contributed by atoms with E-state index < -0.39 is 18.0 Å². The number of nitriles is 1. The Balaban J connectivity index is 1.70. The van der Waals surface area contributed by atoms with Gasteiger partial charge in [-0.1, -0.05) is 0 Å². The van der Waals surface area contributed by atoms with E-state index >= 15 is 0 Å². The lowest BCUT2D eigenvalue weighted by Gasteiger charge is -2.19. The van der Waals surface area contributed by atoms with Crippen molar-refractivity contribution in [3.8, 4) is 6.07 Å². The van der Waals surface area contributed by atoms with Gasteiger partial charge in [0, 0.05) is 30.0 Å². The van der Waals surface area contributed by atoms with Crippen molar-refractivity contribution in [2.45, 2.75) is 38.0 Å².